The average Bonchev–Trinajstić information content (AvgIpc) is 1.43. The van der Waals surface area contributed by atoms with E-state index in [0.29, 0.717) is 0 Å². The second-order valence-corrected chi connectivity index (χ2v) is 37.3. The zero-order valence-corrected chi connectivity index (χ0v) is 69.0. The van der Waals surface area contributed by atoms with Crippen LogP contribution in [-0.4, -0.2) is 0 Å². The van der Waals surface area contributed by atoms with Crippen molar-refractivity contribution in [2.24, 2.45) is 0 Å². The molecule has 564 valence electrons. The third-order valence-corrected chi connectivity index (χ3v) is 25.6. The Kier molecular flexibility index (Phi) is 15.5. The van der Waals surface area contributed by atoms with Crippen LogP contribution in [0.15, 0.2) is 285 Å². The Balaban J connectivity index is 0.000000150. The predicted octanol–water partition coefficient (Wildman–Crippen LogP) is 33.2. The lowest BCUT2D eigenvalue weighted by Gasteiger charge is -2.21. The number of aryl methyl sites for hydroxylation is 4. The average molecular weight is 1500 g/mol. The molecule has 18 aromatic carbocycles. The topological polar surface area (TPSA) is 52.6 Å². The number of rotatable bonds is 6. The van der Waals surface area contributed by atoms with Crippen molar-refractivity contribution < 1.29 is 17.7 Å². The van der Waals surface area contributed by atoms with Crippen LogP contribution in [0.4, 0.5) is 0 Å². The summed E-state index contributed by atoms with van der Waals surface area (Å²) in [5.41, 5.74) is 32.5. The Labute approximate surface area is 676 Å². The molecule has 4 heterocycles. The Hall–Kier alpha value is -12.8. The molecule has 0 unspecified atom stereocenters. The lowest BCUT2D eigenvalue weighted by molar-refractivity contribution is 0.590. The summed E-state index contributed by atoms with van der Waals surface area (Å²) in [6, 6.07) is 99.2. The number of benzene rings is 18. The van der Waals surface area contributed by atoms with Crippen LogP contribution in [0, 0.1) is 27.7 Å². The van der Waals surface area contributed by atoms with E-state index in [1.807, 2.05) is 0 Å². The van der Waals surface area contributed by atoms with Crippen molar-refractivity contribution in [2.75, 3.05) is 0 Å². The molecule has 0 amide bonds. The molecular weight excluding hydrogens is 1410 g/mol. The monoisotopic (exact) mass is 1500 g/mol. The lowest BCUT2D eigenvalue weighted by atomic mass is 9.81. The summed E-state index contributed by atoms with van der Waals surface area (Å²) in [6.07, 6.45) is 0. The van der Waals surface area contributed by atoms with Gasteiger partial charge in [0, 0.05) is 97.3 Å². The van der Waals surface area contributed by atoms with Crippen molar-refractivity contribution in [1.29, 1.82) is 0 Å². The molecule has 0 aliphatic heterocycles. The molecule has 0 N–H and O–H groups in total. The van der Waals surface area contributed by atoms with E-state index in [1.54, 1.807) is 0 Å². The minimum atomic E-state index is 0.0855. The molecule has 22 rings (SSSR count). The molecule has 0 aliphatic carbocycles. The normalized spacial score (nSPS) is 12.8. The SMILES string of the molecule is CC(C)(C)c1ccc(-c2ccc3c(c2)oc2c3cc3ccc4c5oc6cc(-c7ccc(C(C)(C)C)cc7)ccc6c5cc5ccc2c3c54)cc1.Cc1cccc(C)c1-c1c2ccc3c4oc5ccc(-c6ccc(C(C)(C)C)cc6)cc5c4c(-c4c(C)cccc4C)c4ccc(c5oc6ccc(-c7ccc(C(C)(C)C)cc7)cc6c15)c2c43. The highest BCUT2D eigenvalue weighted by Gasteiger charge is 2.31. The van der Waals surface area contributed by atoms with Gasteiger partial charge in [0.05, 0.1) is 0 Å². The molecule has 4 aromatic heterocycles. The van der Waals surface area contributed by atoms with Crippen molar-refractivity contribution in [3.63, 3.8) is 0 Å². The Morgan fingerprint density at radius 1 is 0.181 bits per heavy atom. The van der Waals surface area contributed by atoms with Gasteiger partial charge >= 0.3 is 0 Å². The van der Waals surface area contributed by atoms with Crippen LogP contribution in [0.3, 0.4) is 0 Å². The molecule has 0 saturated heterocycles. The number of hydrogen-bond donors (Lipinski definition) is 0. The molecule has 116 heavy (non-hydrogen) atoms. The molecule has 22 aromatic rings. The van der Waals surface area contributed by atoms with Gasteiger partial charge in [0.15, 0.2) is 0 Å². The molecule has 0 fully saturated rings. The lowest BCUT2D eigenvalue weighted by Crippen LogP contribution is -2.10. The van der Waals surface area contributed by atoms with Gasteiger partial charge in [-0.3, -0.25) is 0 Å². The maximum atomic E-state index is 7.15. The summed E-state index contributed by atoms with van der Waals surface area (Å²) in [4.78, 5) is 0. The second-order valence-electron chi connectivity index (χ2n) is 37.3. The first kappa shape index (κ1) is 71.1. The van der Waals surface area contributed by atoms with Crippen LogP contribution >= 0.6 is 0 Å². The van der Waals surface area contributed by atoms with Gasteiger partial charge in [-0.25, -0.2) is 0 Å². The van der Waals surface area contributed by atoms with Gasteiger partial charge in [0.25, 0.3) is 0 Å². The summed E-state index contributed by atoms with van der Waals surface area (Å²) in [6.45, 7) is 36.1. The van der Waals surface area contributed by atoms with E-state index < -0.39 is 0 Å². The number of hydrogen-bond acceptors (Lipinski definition) is 4. The van der Waals surface area contributed by atoms with Gasteiger partial charge in [-0.1, -0.05) is 265 Å². The fourth-order valence-corrected chi connectivity index (χ4v) is 19.3. The third-order valence-electron chi connectivity index (χ3n) is 25.6. The van der Waals surface area contributed by atoms with Crippen LogP contribution in [0.25, 0.3) is 219 Å². The summed E-state index contributed by atoms with van der Waals surface area (Å²) in [5, 5.41) is 23.4. The maximum Gasteiger partial charge on any atom is 0.143 e. The highest BCUT2D eigenvalue weighted by Crippen LogP contribution is 2.56. The Bertz CT molecular complexity index is 7320. The summed E-state index contributed by atoms with van der Waals surface area (Å²) >= 11 is 0. The molecule has 0 saturated carbocycles. The van der Waals surface area contributed by atoms with Crippen molar-refractivity contribution in [1.82, 2.24) is 0 Å². The predicted molar refractivity (Wildman–Crippen MR) is 496 cm³/mol. The Morgan fingerprint density at radius 3 is 0.776 bits per heavy atom. The smallest absolute Gasteiger partial charge is 0.143 e. The molecule has 0 aliphatic rings. The number of fused-ring (bicyclic) bond motifs is 16. The van der Waals surface area contributed by atoms with Crippen LogP contribution in [0.1, 0.15) is 128 Å². The first-order chi connectivity index (χ1) is 55.7. The zero-order valence-electron chi connectivity index (χ0n) is 69.0. The summed E-state index contributed by atoms with van der Waals surface area (Å²) in [7, 11) is 0. The van der Waals surface area contributed by atoms with E-state index in [9.17, 15) is 0 Å². The highest BCUT2D eigenvalue weighted by molar-refractivity contribution is 6.41. The van der Waals surface area contributed by atoms with Gasteiger partial charge < -0.3 is 17.7 Å². The minimum absolute atomic E-state index is 0.0855. The third kappa shape index (κ3) is 11.1. The van der Waals surface area contributed by atoms with E-state index in [4.69, 9.17) is 17.7 Å². The first-order valence-corrected chi connectivity index (χ1v) is 41.2. The zero-order chi connectivity index (χ0) is 79.7. The van der Waals surface area contributed by atoms with Gasteiger partial charge in [0.1, 0.15) is 44.7 Å². The quantitative estimate of drug-likeness (QED) is 0.156. The number of furan rings is 4. The highest BCUT2D eigenvalue weighted by atomic mass is 16.3. The van der Waals surface area contributed by atoms with Gasteiger partial charge in [-0.05, 0) is 256 Å². The van der Waals surface area contributed by atoms with Gasteiger partial charge in [0.2, 0.25) is 0 Å². The van der Waals surface area contributed by atoms with E-state index in [0.717, 1.165) is 120 Å². The minimum Gasteiger partial charge on any atom is -0.455 e. The molecule has 4 nitrogen and oxygen atoms in total. The first-order valence-electron chi connectivity index (χ1n) is 41.2. The molecule has 4 heteroatoms. The van der Waals surface area contributed by atoms with Crippen molar-refractivity contribution >= 4 is 152 Å². The molecule has 0 atom stereocenters. The van der Waals surface area contributed by atoms with Crippen LogP contribution < -0.4 is 0 Å². The fourth-order valence-electron chi connectivity index (χ4n) is 19.3. The van der Waals surface area contributed by atoms with Gasteiger partial charge in [-0.15, -0.1) is 0 Å². The van der Waals surface area contributed by atoms with E-state index in [1.165, 1.54) is 143 Å². The van der Waals surface area contributed by atoms with Gasteiger partial charge in [-0.2, -0.15) is 0 Å². The molecule has 0 bridgehead atoms. The fraction of sp³-hybridized carbons (Fsp3) is 0.179. The van der Waals surface area contributed by atoms with Crippen LogP contribution in [-0.2, 0) is 21.7 Å². The van der Waals surface area contributed by atoms with Crippen LogP contribution in [0.5, 0.6) is 0 Å². The van der Waals surface area contributed by atoms with Crippen LogP contribution in [0.2, 0.25) is 0 Å². The van der Waals surface area contributed by atoms with E-state index in [-0.39, 0.29) is 21.7 Å². The summed E-state index contributed by atoms with van der Waals surface area (Å²) < 4.78 is 27.8. The molecule has 0 spiro atoms. The maximum absolute atomic E-state index is 7.15. The summed E-state index contributed by atoms with van der Waals surface area (Å²) in [5.74, 6) is 0. The van der Waals surface area contributed by atoms with Crippen molar-refractivity contribution in [2.45, 2.75) is 132 Å². The largest absolute Gasteiger partial charge is 0.455 e. The standard InChI is InChI=1S/C64H54O2.C48H38O2/c1-35-13-11-14-36(2)53(35)57-45-27-29-48-56-46(28-30-47(55(45)56)61-59(57)49-33-41(21-31-51(49)65-61)39-17-23-43(24-18-39)63(5,6)7)58(54-37(3)15-12-16-38(54)4)60-50-34-42(22-32-52(50)66-62(48)60)40-19-25-44(26-20-40)64(8,9)10;1-47(2,3)33-15-7-27(8-16-33)29-11-19-35-39-23-31-14-22-38-44-32(13-21-37(43(31)44)45(39)49-41(35)25-29)24-40-36-20-12-30(26-42(36)50-46(38)40)28-9-17-34(18-10-28)48(4,5)6/h11-34H,1-10H3;7-26H,1-6H3. The van der Waals surface area contributed by atoms with E-state index >= 15 is 0 Å². The Morgan fingerprint density at radius 2 is 0.448 bits per heavy atom. The van der Waals surface area contributed by atoms with Crippen molar-refractivity contribution in [3.05, 3.63) is 311 Å². The molecule has 0 radical (unpaired) electrons. The van der Waals surface area contributed by atoms with Crippen molar-refractivity contribution in [3.8, 4) is 66.8 Å². The molecular formula is C112H92O4. The second kappa shape index (κ2) is 25.4. The van der Waals surface area contributed by atoms with E-state index in [2.05, 4.69) is 378 Å².